The summed E-state index contributed by atoms with van der Waals surface area (Å²) in [6.45, 7) is 0.745. The van der Waals surface area contributed by atoms with Gasteiger partial charge < -0.3 is 10.2 Å². The Morgan fingerprint density at radius 2 is 1.80 bits per heavy atom. The molecule has 1 saturated heterocycles. The second kappa shape index (κ2) is 8.46. The van der Waals surface area contributed by atoms with Crippen molar-refractivity contribution in [3.8, 4) is 0 Å². The van der Waals surface area contributed by atoms with Gasteiger partial charge in [-0.15, -0.1) is 0 Å². The Hall–Kier alpha value is -2.28. The fraction of sp³-hybridized carbons (Fsp3) is 0.391. The van der Waals surface area contributed by atoms with E-state index in [0.29, 0.717) is 32.0 Å². The van der Waals surface area contributed by atoms with Gasteiger partial charge in [0.1, 0.15) is 11.6 Å². The Morgan fingerprint density at radius 3 is 2.40 bits per heavy atom. The first-order chi connectivity index (χ1) is 14.4. The maximum Gasteiger partial charge on any atom is 0.256 e. The summed E-state index contributed by atoms with van der Waals surface area (Å²) in [5, 5.41) is 3.27. The molecule has 1 saturated carbocycles. The number of carbonyl (C=O) groups is 2. The van der Waals surface area contributed by atoms with Gasteiger partial charge in [0.25, 0.3) is 5.91 Å². The van der Waals surface area contributed by atoms with Crippen molar-refractivity contribution in [3.63, 3.8) is 0 Å². The van der Waals surface area contributed by atoms with Crippen molar-refractivity contribution in [2.45, 2.75) is 37.6 Å². The topological polar surface area (TPSA) is 49.4 Å². The molecule has 0 radical (unpaired) electrons. The highest BCUT2D eigenvalue weighted by molar-refractivity contribution is 9.10. The van der Waals surface area contributed by atoms with Gasteiger partial charge >= 0.3 is 0 Å². The molecule has 30 heavy (non-hydrogen) atoms. The number of amides is 2. The van der Waals surface area contributed by atoms with Gasteiger partial charge in [0.05, 0.1) is 11.1 Å². The molecule has 1 N–H and O–H groups in total. The number of benzene rings is 2. The Balaban J connectivity index is 1.38. The summed E-state index contributed by atoms with van der Waals surface area (Å²) in [7, 11) is 0. The third kappa shape index (κ3) is 4.13. The zero-order chi connectivity index (χ0) is 21.3. The highest BCUT2D eigenvalue weighted by atomic mass is 79.9. The first-order valence-electron chi connectivity index (χ1n) is 10.2. The fourth-order valence-corrected chi connectivity index (χ4v) is 4.72. The van der Waals surface area contributed by atoms with Gasteiger partial charge in [-0.05, 0) is 61.9 Å². The van der Waals surface area contributed by atoms with Crippen LogP contribution in [0.25, 0.3) is 0 Å². The summed E-state index contributed by atoms with van der Waals surface area (Å²) in [4.78, 5) is 27.1. The number of halogens is 3. The Bertz CT molecular complexity index is 969. The minimum absolute atomic E-state index is 0.00902. The predicted octanol–water partition coefficient (Wildman–Crippen LogP) is 4.78. The van der Waals surface area contributed by atoms with E-state index in [1.165, 1.54) is 11.0 Å². The molecule has 2 aliphatic rings. The van der Waals surface area contributed by atoms with Crippen LogP contribution >= 0.6 is 15.9 Å². The number of piperidine rings is 1. The van der Waals surface area contributed by atoms with Crippen molar-refractivity contribution in [1.29, 1.82) is 0 Å². The smallest absolute Gasteiger partial charge is 0.256 e. The molecule has 1 aliphatic carbocycles. The lowest BCUT2D eigenvalue weighted by Gasteiger charge is -2.44. The molecule has 0 aromatic heterocycles. The Morgan fingerprint density at radius 1 is 1.07 bits per heavy atom. The molecule has 0 atom stereocenters. The molecular weight excluding hydrogens is 454 g/mol. The van der Waals surface area contributed by atoms with Crippen LogP contribution in [0.1, 0.15) is 48.0 Å². The highest BCUT2D eigenvalue weighted by Crippen LogP contribution is 2.42. The van der Waals surface area contributed by atoms with Gasteiger partial charge in [0.15, 0.2) is 0 Å². The lowest BCUT2D eigenvalue weighted by atomic mass is 9.71. The van der Waals surface area contributed by atoms with E-state index in [1.807, 2.05) is 18.2 Å². The van der Waals surface area contributed by atoms with Gasteiger partial charge in [-0.2, -0.15) is 0 Å². The average molecular weight is 477 g/mol. The molecule has 2 aromatic rings. The quantitative estimate of drug-likeness (QED) is 0.690. The molecule has 7 heteroatoms. The van der Waals surface area contributed by atoms with Gasteiger partial charge in [0.2, 0.25) is 5.91 Å². The van der Waals surface area contributed by atoms with Crippen LogP contribution < -0.4 is 5.32 Å². The number of likely N-dealkylation sites (tertiary alicyclic amines) is 1. The van der Waals surface area contributed by atoms with E-state index in [-0.39, 0.29) is 22.9 Å². The zero-order valence-corrected chi connectivity index (χ0v) is 18.1. The summed E-state index contributed by atoms with van der Waals surface area (Å²) in [6, 6.07) is 11.0. The molecule has 4 rings (SSSR count). The average Bonchev–Trinajstić information content (AvgIpc) is 2.70. The second-order valence-corrected chi connectivity index (χ2v) is 9.04. The summed E-state index contributed by atoms with van der Waals surface area (Å²) in [5.74, 6) is -2.21. The minimum Gasteiger partial charge on any atom is -0.346 e. The number of carbonyl (C=O) groups excluding carboxylic acids is 2. The normalized spacial score (nSPS) is 18.6. The predicted molar refractivity (Wildman–Crippen MR) is 113 cm³/mol. The first-order valence-corrected chi connectivity index (χ1v) is 11.0. The third-order valence-corrected chi connectivity index (χ3v) is 6.75. The third-order valence-electron chi connectivity index (χ3n) is 6.26. The monoisotopic (exact) mass is 476 g/mol. The van der Waals surface area contributed by atoms with Crippen LogP contribution in [0.5, 0.6) is 0 Å². The van der Waals surface area contributed by atoms with Gasteiger partial charge in [-0.3, -0.25) is 9.59 Å². The lowest BCUT2D eigenvalue weighted by molar-refractivity contribution is -0.129. The number of hydrogen-bond donors (Lipinski definition) is 1. The second-order valence-electron chi connectivity index (χ2n) is 8.13. The lowest BCUT2D eigenvalue weighted by Crippen LogP contribution is -2.53. The van der Waals surface area contributed by atoms with E-state index in [9.17, 15) is 18.4 Å². The van der Waals surface area contributed by atoms with Crippen LogP contribution in [0.3, 0.4) is 0 Å². The summed E-state index contributed by atoms with van der Waals surface area (Å²) in [6.07, 6.45) is 3.94. The van der Waals surface area contributed by atoms with E-state index < -0.39 is 17.5 Å². The molecule has 2 fully saturated rings. The maximum absolute atomic E-state index is 13.9. The first kappa shape index (κ1) is 21.0. The van der Waals surface area contributed by atoms with Crippen LogP contribution in [0, 0.1) is 17.6 Å². The van der Waals surface area contributed by atoms with Crippen molar-refractivity contribution in [2.75, 3.05) is 13.1 Å². The van der Waals surface area contributed by atoms with E-state index in [4.69, 9.17) is 0 Å². The molecule has 4 nitrogen and oxygen atoms in total. The molecule has 158 valence electrons. The molecule has 0 bridgehead atoms. The Labute approximate surface area is 182 Å². The molecule has 2 amide bonds. The summed E-state index contributed by atoms with van der Waals surface area (Å²) >= 11 is 3.50. The molecule has 1 aliphatic heterocycles. The van der Waals surface area contributed by atoms with Crippen molar-refractivity contribution < 1.29 is 18.4 Å². The molecule has 1 heterocycles. The minimum atomic E-state index is -0.860. The van der Waals surface area contributed by atoms with E-state index in [1.54, 1.807) is 0 Å². The SMILES string of the molecule is O=C(NC1(c2cccc(Br)c2)CCC1)C1CCN(C(=O)c2ccc(F)cc2F)CC1. The van der Waals surface area contributed by atoms with Gasteiger partial charge in [-0.1, -0.05) is 28.1 Å². The van der Waals surface area contributed by atoms with Crippen molar-refractivity contribution >= 4 is 27.7 Å². The molecule has 2 aromatic carbocycles. The number of rotatable bonds is 4. The largest absolute Gasteiger partial charge is 0.346 e. The highest BCUT2D eigenvalue weighted by Gasteiger charge is 2.41. The van der Waals surface area contributed by atoms with Crippen LogP contribution in [-0.4, -0.2) is 29.8 Å². The maximum atomic E-state index is 13.9. The van der Waals surface area contributed by atoms with Gasteiger partial charge in [-0.25, -0.2) is 8.78 Å². The molecule has 0 spiro atoms. The van der Waals surface area contributed by atoms with E-state index in [2.05, 4.69) is 27.3 Å². The molecule has 0 unspecified atom stereocenters. The van der Waals surface area contributed by atoms with Crippen LogP contribution in [0.4, 0.5) is 8.78 Å². The van der Waals surface area contributed by atoms with Crippen molar-refractivity contribution in [3.05, 3.63) is 69.7 Å². The fourth-order valence-electron chi connectivity index (χ4n) is 4.32. The summed E-state index contributed by atoms with van der Waals surface area (Å²) < 4.78 is 28.0. The number of nitrogens with one attached hydrogen (secondary N) is 1. The van der Waals surface area contributed by atoms with E-state index in [0.717, 1.165) is 35.4 Å². The van der Waals surface area contributed by atoms with Crippen LogP contribution in [0.15, 0.2) is 46.9 Å². The Kier molecular flexibility index (Phi) is 5.91. The van der Waals surface area contributed by atoms with Crippen LogP contribution in [-0.2, 0) is 10.3 Å². The standard InChI is InChI=1S/C23H23BrF2N2O2/c24-17-4-1-3-16(13-17)23(9-2-10-23)27-21(29)15-7-11-28(12-8-15)22(30)19-6-5-18(25)14-20(19)26/h1,3-6,13-15H,2,7-12H2,(H,27,29). The number of hydrogen-bond acceptors (Lipinski definition) is 2. The van der Waals surface area contributed by atoms with Gasteiger partial charge in [0, 0.05) is 29.5 Å². The van der Waals surface area contributed by atoms with Crippen LogP contribution in [0.2, 0.25) is 0 Å². The summed E-state index contributed by atoms with van der Waals surface area (Å²) in [5.41, 5.74) is 0.656. The van der Waals surface area contributed by atoms with Crippen molar-refractivity contribution in [2.24, 2.45) is 5.92 Å². The van der Waals surface area contributed by atoms with Crippen molar-refractivity contribution in [1.82, 2.24) is 10.2 Å². The number of nitrogens with zero attached hydrogens (tertiary/aromatic N) is 1. The van der Waals surface area contributed by atoms with E-state index >= 15 is 0 Å². The zero-order valence-electron chi connectivity index (χ0n) is 16.5. The molecular formula is C23H23BrF2N2O2.